The van der Waals surface area contributed by atoms with Crippen molar-refractivity contribution in [1.29, 1.82) is 0 Å². The molecule has 0 bridgehead atoms. The summed E-state index contributed by atoms with van der Waals surface area (Å²) < 4.78 is 5.86. The highest BCUT2D eigenvalue weighted by molar-refractivity contribution is 5.85. The number of carbonyl (C=O) groups is 3. The minimum Gasteiger partial charge on any atom is -0.462 e. The van der Waals surface area contributed by atoms with E-state index >= 15 is 0 Å². The van der Waals surface area contributed by atoms with E-state index in [1.165, 1.54) is 18.4 Å². The summed E-state index contributed by atoms with van der Waals surface area (Å²) in [5.74, 6) is 1.33. The molecule has 0 aromatic heterocycles. The van der Waals surface area contributed by atoms with Crippen LogP contribution < -0.4 is 0 Å². The SMILES string of the molecule is CON(C)C(=O)[C@@]1(C)CC[C@]2(C)CC[C@]3(C)[C@H](CC(=O)[C@@H]4[C@@]5(C)CC[C@H](OC(C)=O)C(C)(C)C5CC[C@]43C)[C@H]2C1. The van der Waals surface area contributed by atoms with Crippen LogP contribution in [0.1, 0.15) is 120 Å². The molecule has 0 aromatic carbocycles. The van der Waals surface area contributed by atoms with E-state index in [1.807, 2.05) is 0 Å². The van der Waals surface area contributed by atoms with Crippen molar-refractivity contribution in [1.82, 2.24) is 5.06 Å². The molecule has 0 saturated heterocycles. The minimum absolute atomic E-state index is 0.0261. The van der Waals surface area contributed by atoms with Crippen LogP contribution in [0.2, 0.25) is 0 Å². The molecule has 5 saturated carbocycles. The number of hydrogen-bond donors (Lipinski definition) is 0. The molecule has 1 amide bonds. The summed E-state index contributed by atoms with van der Waals surface area (Å²) in [4.78, 5) is 45.4. The van der Waals surface area contributed by atoms with Gasteiger partial charge in [0.2, 0.25) is 0 Å². The van der Waals surface area contributed by atoms with E-state index in [1.54, 1.807) is 14.2 Å². The number of ether oxygens (including phenoxy) is 1. The van der Waals surface area contributed by atoms with Gasteiger partial charge in [0.25, 0.3) is 5.91 Å². The van der Waals surface area contributed by atoms with Gasteiger partial charge in [-0.05, 0) is 97.2 Å². The number of Topliss-reactive ketones (excluding diaryl/α,β-unsaturated/α-hetero) is 1. The van der Waals surface area contributed by atoms with Crippen molar-refractivity contribution in [3.05, 3.63) is 0 Å². The normalized spacial score (nSPS) is 49.5. The Balaban J connectivity index is 1.51. The summed E-state index contributed by atoms with van der Waals surface area (Å²) in [5.41, 5.74) is -0.583. The van der Waals surface area contributed by atoms with Crippen molar-refractivity contribution in [3.63, 3.8) is 0 Å². The summed E-state index contributed by atoms with van der Waals surface area (Å²) in [6.45, 7) is 18.0. The van der Waals surface area contributed by atoms with Crippen molar-refractivity contribution < 1.29 is 24.0 Å². The van der Waals surface area contributed by atoms with E-state index in [9.17, 15) is 14.4 Å². The Morgan fingerprint density at radius 3 is 2.12 bits per heavy atom. The number of hydrogen-bond acceptors (Lipinski definition) is 5. The maximum absolute atomic E-state index is 14.6. The van der Waals surface area contributed by atoms with Crippen LogP contribution in [0.5, 0.6) is 0 Å². The topological polar surface area (TPSA) is 72.9 Å². The maximum Gasteiger partial charge on any atom is 0.302 e. The largest absolute Gasteiger partial charge is 0.462 e. The van der Waals surface area contributed by atoms with Crippen LogP contribution in [0.4, 0.5) is 0 Å². The summed E-state index contributed by atoms with van der Waals surface area (Å²) >= 11 is 0. The second kappa shape index (κ2) is 9.28. The van der Waals surface area contributed by atoms with Crippen LogP contribution in [0, 0.1) is 56.2 Å². The minimum atomic E-state index is -0.462. The standard InChI is InChI=1S/C34H55NO5/c1-21(36)40-26-12-13-32(6)25(29(26,2)3)11-14-34(8)27(32)24(37)19-22-23-20-31(5,28(38)35(9)39-10)16-15-30(23,4)17-18-33(22,34)7/h22-23,25-27H,11-20H2,1-10H3/t22-,23-,25?,26+,27-,30-,31+,32+,33-,34-/m1/s1. The van der Waals surface area contributed by atoms with Gasteiger partial charge in [-0.25, -0.2) is 5.06 Å². The van der Waals surface area contributed by atoms with Gasteiger partial charge < -0.3 is 4.74 Å². The lowest BCUT2D eigenvalue weighted by atomic mass is 9.31. The van der Waals surface area contributed by atoms with Gasteiger partial charge >= 0.3 is 5.97 Å². The zero-order valence-electron chi connectivity index (χ0n) is 26.9. The van der Waals surface area contributed by atoms with E-state index in [2.05, 4.69) is 48.5 Å². The number of fused-ring (bicyclic) bond motifs is 7. The van der Waals surface area contributed by atoms with E-state index in [-0.39, 0.29) is 51.0 Å². The fourth-order valence-electron chi connectivity index (χ4n) is 11.9. The first-order valence-electron chi connectivity index (χ1n) is 15.9. The van der Waals surface area contributed by atoms with Crippen molar-refractivity contribution in [2.24, 2.45) is 56.2 Å². The quantitative estimate of drug-likeness (QED) is 0.276. The molecule has 5 aliphatic carbocycles. The number of hydroxylamine groups is 2. The van der Waals surface area contributed by atoms with Crippen molar-refractivity contribution in [2.75, 3.05) is 14.2 Å². The van der Waals surface area contributed by atoms with Gasteiger partial charge in [0.05, 0.1) is 7.11 Å². The second-order valence-corrected chi connectivity index (χ2v) is 16.6. The molecular weight excluding hydrogens is 502 g/mol. The van der Waals surface area contributed by atoms with Gasteiger partial charge in [0.15, 0.2) is 0 Å². The molecule has 5 fully saturated rings. The highest BCUT2D eigenvalue weighted by atomic mass is 16.7. The number of ketones is 1. The Morgan fingerprint density at radius 1 is 0.850 bits per heavy atom. The molecule has 6 nitrogen and oxygen atoms in total. The lowest BCUT2D eigenvalue weighted by molar-refractivity contribution is -0.245. The molecule has 0 radical (unpaired) electrons. The Labute approximate surface area is 242 Å². The Morgan fingerprint density at radius 2 is 1.50 bits per heavy atom. The average molecular weight is 558 g/mol. The number of esters is 1. The molecule has 1 unspecified atom stereocenters. The monoisotopic (exact) mass is 557 g/mol. The predicted octanol–water partition coefficient (Wildman–Crippen LogP) is 7.00. The van der Waals surface area contributed by atoms with Gasteiger partial charge in [0, 0.05) is 37.1 Å². The van der Waals surface area contributed by atoms with Crippen LogP contribution in [0.15, 0.2) is 0 Å². The van der Waals surface area contributed by atoms with E-state index in [0.29, 0.717) is 30.0 Å². The molecule has 226 valence electrons. The van der Waals surface area contributed by atoms with Crippen LogP contribution in [0.25, 0.3) is 0 Å². The number of rotatable bonds is 3. The summed E-state index contributed by atoms with van der Waals surface area (Å²) in [6.07, 6.45) is 9.49. The lowest BCUT2D eigenvalue weighted by Gasteiger charge is -2.72. The van der Waals surface area contributed by atoms with Gasteiger partial charge in [0.1, 0.15) is 11.9 Å². The fraction of sp³-hybridized carbons (Fsp3) is 0.912. The first-order valence-corrected chi connectivity index (χ1v) is 15.9. The smallest absolute Gasteiger partial charge is 0.302 e. The molecule has 5 rings (SSSR count). The van der Waals surface area contributed by atoms with Crippen LogP contribution in [-0.2, 0) is 24.0 Å². The third-order valence-electron chi connectivity index (χ3n) is 14.5. The van der Waals surface area contributed by atoms with Gasteiger partial charge in [-0.2, -0.15) is 0 Å². The first kappa shape index (κ1) is 30.0. The summed E-state index contributed by atoms with van der Waals surface area (Å²) in [6, 6.07) is 0. The zero-order chi connectivity index (χ0) is 29.7. The summed E-state index contributed by atoms with van der Waals surface area (Å²) in [7, 11) is 3.28. The number of amides is 1. The molecule has 0 N–H and O–H groups in total. The van der Waals surface area contributed by atoms with E-state index < -0.39 is 5.41 Å². The van der Waals surface area contributed by atoms with Crippen LogP contribution in [0.3, 0.4) is 0 Å². The van der Waals surface area contributed by atoms with Gasteiger partial charge in [-0.3, -0.25) is 19.2 Å². The molecule has 6 heteroatoms. The van der Waals surface area contributed by atoms with E-state index in [4.69, 9.17) is 9.57 Å². The molecule has 0 heterocycles. The van der Waals surface area contributed by atoms with Crippen LogP contribution >= 0.6 is 0 Å². The first-order chi connectivity index (χ1) is 18.4. The molecule has 0 aliphatic heterocycles. The molecule has 0 spiro atoms. The highest BCUT2D eigenvalue weighted by Gasteiger charge is 2.72. The third kappa shape index (κ3) is 3.93. The molecule has 10 atom stereocenters. The molecule has 40 heavy (non-hydrogen) atoms. The van der Waals surface area contributed by atoms with Crippen molar-refractivity contribution in [2.45, 2.75) is 126 Å². The fourth-order valence-corrected chi connectivity index (χ4v) is 11.9. The zero-order valence-corrected chi connectivity index (χ0v) is 26.9. The Bertz CT molecular complexity index is 1090. The molecular formula is C34H55NO5. The van der Waals surface area contributed by atoms with Gasteiger partial charge in [-0.1, -0.05) is 48.5 Å². The van der Waals surface area contributed by atoms with E-state index in [0.717, 1.165) is 51.4 Å². The van der Waals surface area contributed by atoms with Crippen molar-refractivity contribution in [3.8, 4) is 0 Å². The highest BCUT2D eigenvalue weighted by Crippen LogP contribution is 2.76. The second-order valence-electron chi connectivity index (χ2n) is 16.6. The summed E-state index contributed by atoms with van der Waals surface area (Å²) in [5, 5.41) is 1.41. The average Bonchev–Trinajstić information content (AvgIpc) is 2.87. The Kier molecular flexibility index (Phi) is 6.97. The molecule has 0 aromatic rings. The predicted molar refractivity (Wildman–Crippen MR) is 155 cm³/mol. The Hall–Kier alpha value is -1.43. The number of nitrogens with zero attached hydrogens (tertiary/aromatic N) is 1. The van der Waals surface area contributed by atoms with Gasteiger partial charge in [-0.15, -0.1) is 0 Å². The number of carbonyl (C=O) groups excluding carboxylic acids is 3. The van der Waals surface area contributed by atoms with Crippen molar-refractivity contribution >= 4 is 17.7 Å². The van der Waals surface area contributed by atoms with Crippen LogP contribution in [-0.4, -0.2) is 43.0 Å². The molecule has 5 aliphatic rings. The lowest BCUT2D eigenvalue weighted by Crippen LogP contribution is -2.69. The third-order valence-corrected chi connectivity index (χ3v) is 14.5. The maximum atomic E-state index is 14.6.